The minimum atomic E-state index is -0.383. The largest absolute Gasteiger partial charge is 0.388 e. The third-order valence-electron chi connectivity index (χ3n) is 2.84. The molecule has 0 aromatic heterocycles. The Balaban J connectivity index is 2.31. The molecule has 0 bridgehead atoms. The average Bonchev–Trinajstić information content (AvgIpc) is 2.22. The Bertz CT molecular complexity index is 376. The number of rotatable bonds is 1. The van der Waals surface area contributed by atoms with Crippen molar-refractivity contribution in [3.8, 4) is 0 Å². The van der Waals surface area contributed by atoms with Crippen LogP contribution in [0.3, 0.4) is 0 Å². The smallest absolute Gasteiger partial charge is 0.217 e. The minimum Gasteiger partial charge on any atom is -0.388 e. The number of aliphatic hydroxyl groups is 1. The molecule has 0 heterocycles. The number of nitrogens with one attached hydrogen (secondary N) is 1. The van der Waals surface area contributed by atoms with Gasteiger partial charge in [0, 0.05) is 6.92 Å². The highest BCUT2D eigenvalue weighted by atomic mass is 16.3. The first-order valence-electron chi connectivity index (χ1n) is 5.22. The molecule has 1 aromatic rings. The van der Waals surface area contributed by atoms with Gasteiger partial charge in [-0.3, -0.25) is 4.79 Å². The lowest BCUT2D eigenvalue weighted by molar-refractivity contribution is -0.119. The highest BCUT2D eigenvalue weighted by Crippen LogP contribution is 2.35. The van der Waals surface area contributed by atoms with Crippen molar-refractivity contribution in [3.05, 3.63) is 35.4 Å². The molecule has 0 spiro atoms. The Morgan fingerprint density at radius 2 is 2.00 bits per heavy atom. The van der Waals surface area contributed by atoms with Crippen molar-refractivity contribution in [3.63, 3.8) is 0 Å². The molecule has 3 heteroatoms. The predicted octanol–water partition coefficient (Wildman–Crippen LogP) is 1.69. The normalized spacial score (nSPS) is 24.4. The van der Waals surface area contributed by atoms with E-state index in [-0.39, 0.29) is 18.1 Å². The first-order chi connectivity index (χ1) is 7.18. The summed E-state index contributed by atoms with van der Waals surface area (Å²) in [6.45, 7) is 1.52. The van der Waals surface area contributed by atoms with E-state index >= 15 is 0 Å². The molecule has 0 saturated carbocycles. The van der Waals surface area contributed by atoms with Gasteiger partial charge in [0.05, 0.1) is 12.1 Å². The number of amides is 1. The van der Waals surface area contributed by atoms with E-state index in [0.717, 1.165) is 17.5 Å². The maximum atomic E-state index is 11.0. The van der Waals surface area contributed by atoms with Crippen LogP contribution >= 0.6 is 0 Å². The van der Waals surface area contributed by atoms with Crippen LogP contribution in [0.25, 0.3) is 0 Å². The Morgan fingerprint density at radius 1 is 1.33 bits per heavy atom. The maximum absolute atomic E-state index is 11.0. The second-order valence-corrected chi connectivity index (χ2v) is 3.98. The molecule has 1 aromatic carbocycles. The summed E-state index contributed by atoms with van der Waals surface area (Å²) >= 11 is 0. The van der Waals surface area contributed by atoms with E-state index in [1.807, 2.05) is 24.3 Å². The van der Waals surface area contributed by atoms with Crippen LogP contribution in [-0.2, 0) is 4.79 Å². The Labute approximate surface area is 89.1 Å². The highest BCUT2D eigenvalue weighted by molar-refractivity contribution is 5.73. The fraction of sp³-hybridized carbons (Fsp3) is 0.417. The van der Waals surface area contributed by atoms with Crippen molar-refractivity contribution in [2.45, 2.75) is 31.9 Å². The van der Waals surface area contributed by atoms with Crippen LogP contribution in [0, 0.1) is 0 Å². The summed E-state index contributed by atoms with van der Waals surface area (Å²) < 4.78 is 0. The highest BCUT2D eigenvalue weighted by Gasteiger charge is 2.25. The topological polar surface area (TPSA) is 49.3 Å². The molecule has 15 heavy (non-hydrogen) atoms. The van der Waals surface area contributed by atoms with E-state index in [0.29, 0.717) is 6.42 Å². The zero-order chi connectivity index (χ0) is 10.8. The zero-order valence-electron chi connectivity index (χ0n) is 8.73. The molecule has 1 aliphatic rings. The second-order valence-electron chi connectivity index (χ2n) is 3.98. The van der Waals surface area contributed by atoms with E-state index in [4.69, 9.17) is 0 Å². The van der Waals surface area contributed by atoms with E-state index in [1.165, 1.54) is 6.92 Å². The lowest BCUT2D eigenvalue weighted by Gasteiger charge is -2.29. The van der Waals surface area contributed by atoms with Crippen molar-refractivity contribution < 1.29 is 9.90 Å². The second kappa shape index (κ2) is 4.03. The standard InChI is InChI=1S/C12H15NO2/c1-8(14)13-11-6-7-12(15)10-5-3-2-4-9(10)11/h2-5,11-12,15H,6-7H2,1H3,(H,13,14)/t11-,12-/m1/s1. The van der Waals surface area contributed by atoms with Crippen LogP contribution in [0.1, 0.15) is 43.0 Å². The van der Waals surface area contributed by atoms with Gasteiger partial charge in [0.15, 0.2) is 0 Å². The van der Waals surface area contributed by atoms with E-state index < -0.39 is 0 Å². The van der Waals surface area contributed by atoms with Gasteiger partial charge in [0.25, 0.3) is 0 Å². The number of aliphatic hydroxyl groups excluding tert-OH is 1. The summed E-state index contributed by atoms with van der Waals surface area (Å²) in [6.07, 6.45) is 1.13. The molecule has 80 valence electrons. The number of carbonyl (C=O) groups excluding carboxylic acids is 1. The molecule has 2 atom stereocenters. The molecular formula is C12H15NO2. The van der Waals surface area contributed by atoms with Crippen molar-refractivity contribution >= 4 is 5.91 Å². The number of hydrogen-bond acceptors (Lipinski definition) is 2. The van der Waals surface area contributed by atoms with Crippen LogP contribution in [0.5, 0.6) is 0 Å². The average molecular weight is 205 g/mol. The minimum absolute atomic E-state index is 0.0220. The maximum Gasteiger partial charge on any atom is 0.217 e. The first-order valence-corrected chi connectivity index (χ1v) is 5.22. The van der Waals surface area contributed by atoms with Crippen molar-refractivity contribution in [2.24, 2.45) is 0 Å². The lowest BCUT2D eigenvalue weighted by Crippen LogP contribution is -2.30. The lowest BCUT2D eigenvalue weighted by atomic mass is 9.86. The number of benzene rings is 1. The van der Waals surface area contributed by atoms with Crippen LogP contribution in [0.4, 0.5) is 0 Å². The number of carbonyl (C=O) groups is 1. The summed E-state index contributed by atoms with van der Waals surface area (Å²) in [5.74, 6) is -0.0220. The van der Waals surface area contributed by atoms with Gasteiger partial charge >= 0.3 is 0 Å². The van der Waals surface area contributed by atoms with Crippen molar-refractivity contribution in [1.82, 2.24) is 5.32 Å². The summed E-state index contributed by atoms with van der Waals surface area (Å²) in [5, 5.41) is 12.7. The van der Waals surface area contributed by atoms with E-state index in [2.05, 4.69) is 5.32 Å². The van der Waals surface area contributed by atoms with Gasteiger partial charge in [-0.2, -0.15) is 0 Å². The molecule has 2 rings (SSSR count). The van der Waals surface area contributed by atoms with Gasteiger partial charge in [0.2, 0.25) is 5.91 Å². The van der Waals surface area contributed by atoms with Gasteiger partial charge < -0.3 is 10.4 Å². The van der Waals surface area contributed by atoms with Crippen LogP contribution < -0.4 is 5.32 Å². The number of fused-ring (bicyclic) bond motifs is 1. The molecule has 0 fully saturated rings. The fourth-order valence-electron chi connectivity index (χ4n) is 2.16. The van der Waals surface area contributed by atoms with Crippen molar-refractivity contribution in [2.75, 3.05) is 0 Å². The Kier molecular flexibility index (Phi) is 2.73. The third kappa shape index (κ3) is 2.02. The van der Waals surface area contributed by atoms with Gasteiger partial charge in [-0.25, -0.2) is 0 Å². The predicted molar refractivity (Wildman–Crippen MR) is 57.2 cm³/mol. The SMILES string of the molecule is CC(=O)N[C@@H]1CC[C@@H](O)c2ccccc21. The van der Waals surface area contributed by atoms with Gasteiger partial charge in [-0.05, 0) is 24.0 Å². The molecule has 0 radical (unpaired) electrons. The van der Waals surface area contributed by atoms with Crippen molar-refractivity contribution in [1.29, 1.82) is 0 Å². The Hall–Kier alpha value is -1.35. The summed E-state index contributed by atoms with van der Waals surface area (Å²) in [6, 6.07) is 7.80. The first kappa shape index (κ1) is 10.2. The molecule has 1 amide bonds. The van der Waals surface area contributed by atoms with E-state index in [1.54, 1.807) is 0 Å². The monoisotopic (exact) mass is 205 g/mol. The van der Waals surface area contributed by atoms with Crippen LogP contribution in [0.2, 0.25) is 0 Å². The van der Waals surface area contributed by atoms with Gasteiger partial charge in [0.1, 0.15) is 0 Å². The molecule has 0 unspecified atom stereocenters. The molecule has 2 N–H and O–H groups in total. The Morgan fingerprint density at radius 3 is 2.67 bits per heavy atom. The van der Waals surface area contributed by atoms with Gasteiger partial charge in [-0.15, -0.1) is 0 Å². The zero-order valence-corrected chi connectivity index (χ0v) is 8.73. The van der Waals surface area contributed by atoms with Crippen LogP contribution in [0.15, 0.2) is 24.3 Å². The van der Waals surface area contributed by atoms with Gasteiger partial charge in [-0.1, -0.05) is 24.3 Å². The summed E-state index contributed by atoms with van der Waals surface area (Å²) in [7, 11) is 0. The molecule has 1 aliphatic carbocycles. The summed E-state index contributed by atoms with van der Waals surface area (Å²) in [4.78, 5) is 11.0. The number of hydrogen-bond donors (Lipinski definition) is 2. The molecule has 3 nitrogen and oxygen atoms in total. The molecule has 0 aliphatic heterocycles. The summed E-state index contributed by atoms with van der Waals surface area (Å²) in [5.41, 5.74) is 1.99. The fourth-order valence-corrected chi connectivity index (χ4v) is 2.16. The quantitative estimate of drug-likeness (QED) is 0.733. The molecule has 0 saturated heterocycles. The van der Waals surface area contributed by atoms with E-state index in [9.17, 15) is 9.90 Å². The molecular weight excluding hydrogens is 190 g/mol. The van der Waals surface area contributed by atoms with Crippen LogP contribution in [-0.4, -0.2) is 11.0 Å². The third-order valence-corrected chi connectivity index (χ3v) is 2.84.